The van der Waals surface area contributed by atoms with Gasteiger partial charge in [-0.25, -0.2) is 0 Å². The van der Waals surface area contributed by atoms with Crippen molar-refractivity contribution in [2.45, 2.75) is 0 Å². The zero-order valence-corrected chi connectivity index (χ0v) is 20.6. The Bertz CT molecular complexity index is 612. The molecule has 0 unspecified atom stereocenters. The molecule has 2 aromatic rings. The van der Waals surface area contributed by atoms with Crippen LogP contribution in [-0.2, 0) is 0 Å². The molecule has 0 saturated heterocycles. The monoisotopic (exact) mass is 435 g/mol. The average Bonchev–Trinajstić information content (AvgIpc) is 2.34. The third kappa shape index (κ3) is 10.3. The normalized spacial score (nSPS) is 8.45. The van der Waals surface area contributed by atoms with Crippen LogP contribution < -0.4 is 123 Å². The Morgan fingerprint density at radius 3 is 2.23 bits per heavy atom. The first-order valence-electron chi connectivity index (χ1n) is 5.25. The third-order valence-corrected chi connectivity index (χ3v) is 2.96. The van der Waals surface area contributed by atoms with Gasteiger partial charge in [-0.2, -0.15) is 0 Å². The first-order valence-corrected chi connectivity index (χ1v) is 6.42. The van der Waals surface area contributed by atoms with Crippen molar-refractivity contribution < 1.29 is 123 Å². The molecule has 5 nitrogen and oxygen atoms in total. The molecule has 0 saturated carbocycles. The molecule has 0 fully saturated rings. The molecule has 0 aliphatic rings. The van der Waals surface area contributed by atoms with Crippen LogP contribution in [0.15, 0.2) is 46.9 Å². The van der Waals surface area contributed by atoms with Crippen LogP contribution in [0.5, 0.6) is 11.5 Å². The van der Waals surface area contributed by atoms with Gasteiger partial charge in [-0.15, -0.1) is 0 Å². The van der Waals surface area contributed by atoms with Crippen molar-refractivity contribution in [1.29, 1.82) is 0 Å². The number of hydrogen-bond acceptors (Lipinski definition) is 5. The SMILES string of the molecule is Nc1c(Br)cccc1Oc1cccc(Cl)c1.O=C([O-])[O-].[K+].[K+]. The zero-order valence-electron chi connectivity index (χ0n) is 12.0. The quantitative estimate of drug-likeness (QED) is 0.383. The Kier molecular flexibility index (Phi) is 15.8. The standard InChI is InChI=1S/C12H9BrClNO.CH2O3.2K/c13-10-5-2-6-11(12(10)15)16-9-4-1-3-8(14)7-9;2-1(3)4;;/h1-7H,15H2;(H2,2,3,4);;/q;;2*+1/p-2. The number of ether oxygens (including phenoxy) is 1. The summed E-state index contributed by atoms with van der Waals surface area (Å²) in [6.45, 7) is 0. The van der Waals surface area contributed by atoms with E-state index in [0.717, 1.165) is 4.47 Å². The molecule has 2 N–H and O–H groups in total. The Labute approximate surface area is 226 Å². The maximum Gasteiger partial charge on any atom is 1.00 e. The van der Waals surface area contributed by atoms with Crippen molar-refractivity contribution >= 4 is 39.4 Å². The van der Waals surface area contributed by atoms with E-state index in [9.17, 15) is 0 Å². The van der Waals surface area contributed by atoms with E-state index < -0.39 is 6.16 Å². The summed E-state index contributed by atoms with van der Waals surface area (Å²) in [5.41, 5.74) is 6.44. The number of para-hydroxylation sites is 1. The van der Waals surface area contributed by atoms with Gasteiger partial charge in [0.2, 0.25) is 0 Å². The van der Waals surface area contributed by atoms with Crippen molar-refractivity contribution in [3.63, 3.8) is 0 Å². The van der Waals surface area contributed by atoms with Gasteiger partial charge in [0.05, 0.1) is 5.69 Å². The molecule has 0 spiro atoms. The third-order valence-electron chi connectivity index (χ3n) is 2.04. The molecule has 2 aromatic carbocycles. The van der Waals surface area contributed by atoms with E-state index in [1.54, 1.807) is 18.2 Å². The van der Waals surface area contributed by atoms with Gasteiger partial charge in [0.15, 0.2) is 5.75 Å². The number of nitrogens with two attached hydrogens (primary N) is 1. The number of benzene rings is 2. The summed E-state index contributed by atoms with van der Waals surface area (Å²) < 4.78 is 6.44. The number of halogens is 2. The van der Waals surface area contributed by atoms with Crippen molar-refractivity contribution in [3.05, 3.63) is 52.0 Å². The van der Waals surface area contributed by atoms with Crippen LogP contribution in [0.3, 0.4) is 0 Å². The van der Waals surface area contributed by atoms with Crippen LogP contribution >= 0.6 is 27.5 Å². The summed E-state index contributed by atoms with van der Waals surface area (Å²) in [5.74, 6) is 1.27. The summed E-state index contributed by atoms with van der Waals surface area (Å²) in [6, 6.07) is 12.7. The molecule has 0 aliphatic heterocycles. The Balaban J connectivity index is 0. The molecule has 22 heavy (non-hydrogen) atoms. The van der Waals surface area contributed by atoms with Crippen molar-refractivity contribution in [2.75, 3.05) is 5.73 Å². The van der Waals surface area contributed by atoms with E-state index in [2.05, 4.69) is 15.9 Å². The summed E-state index contributed by atoms with van der Waals surface area (Å²) in [7, 11) is 0. The molecule has 0 bridgehead atoms. The van der Waals surface area contributed by atoms with E-state index in [4.69, 9.17) is 37.1 Å². The van der Waals surface area contributed by atoms with Crippen molar-refractivity contribution in [2.24, 2.45) is 0 Å². The van der Waals surface area contributed by atoms with Crippen LogP contribution in [-0.4, -0.2) is 6.16 Å². The second-order valence-electron chi connectivity index (χ2n) is 3.46. The molecule has 0 radical (unpaired) electrons. The summed E-state index contributed by atoms with van der Waals surface area (Å²) in [6.07, 6.45) is -2.33. The van der Waals surface area contributed by atoms with Crippen molar-refractivity contribution in [1.82, 2.24) is 0 Å². The number of rotatable bonds is 2. The van der Waals surface area contributed by atoms with E-state index >= 15 is 0 Å². The first kappa shape index (κ1) is 25.6. The molecule has 0 atom stereocenters. The Hall–Kier alpha value is 1.35. The van der Waals surface area contributed by atoms with Gasteiger partial charge < -0.3 is 25.5 Å². The van der Waals surface area contributed by atoms with Gasteiger partial charge in [0.25, 0.3) is 0 Å². The zero-order chi connectivity index (χ0) is 15.1. The molecule has 0 aromatic heterocycles. The maximum atomic E-state index is 8.33. The van der Waals surface area contributed by atoms with Gasteiger partial charge >= 0.3 is 103 Å². The molecule has 0 amide bonds. The largest absolute Gasteiger partial charge is 1.00 e. The number of carbonyl (C=O) groups excluding carboxylic acids is 1. The number of carbonyl (C=O) groups is 1. The molecule has 9 heteroatoms. The second-order valence-corrected chi connectivity index (χ2v) is 4.75. The fourth-order valence-electron chi connectivity index (χ4n) is 1.26. The first-order chi connectivity index (χ1) is 9.40. The minimum absolute atomic E-state index is 0. The van der Waals surface area contributed by atoms with Gasteiger partial charge in [0, 0.05) is 9.50 Å². The van der Waals surface area contributed by atoms with Crippen LogP contribution in [0.1, 0.15) is 0 Å². The van der Waals surface area contributed by atoms with E-state index in [1.807, 2.05) is 24.3 Å². The van der Waals surface area contributed by atoms with Gasteiger partial charge in [0.1, 0.15) is 5.75 Å². The summed E-state index contributed by atoms with van der Waals surface area (Å²) in [4.78, 5) is 8.33. The molecule has 106 valence electrons. The molecular weight excluding hydrogens is 428 g/mol. The predicted molar refractivity (Wildman–Crippen MR) is 75.5 cm³/mol. The summed E-state index contributed by atoms with van der Waals surface area (Å²) >= 11 is 9.20. The number of hydrogen-bond donors (Lipinski definition) is 1. The Morgan fingerprint density at radius 2 is 1.68 bits per heavy atom. The van der Waals surface area contributed by atoms with Crippen LogP contribution in [0, 0.1) is 0 Å². The minimum Gasteiger partial charge on any atom is -0.652 e. The smallest absolute Gasteiger partial charge is 0.652 e. The van der Waals surface area contributed by atoms with E-state index in [-0.39, 0.29) is 103 Å². The van der Waals surface area contributed by atoms with Crippen LogP contribution in [0.4, 0.5) is 10.5 Å². The number of nitrogen functional groups attached to an aromatic ring is 1. The fraction of sp³-hybridized carbons (Fsp3) is 0. The number of carboxylic acid groups (broad SMARTS) is 2. The Morgan fingerprint density at radius 1 is 1.14 bits per heavy atom. The second kappa shape index (κ2) is 13.6. The van der Waals surface area contributed by atoms with Gasteiger partial charge in [-0.1, -0.05) is 23.7 Å². The maximum absolute atomic E-state index is 8.33. The van der Waals surface area contributed by atoms with Crippen molar-refractivity contribution in [3.8, 4) is 11.5 Å². The summed E-state index contributed by atoms with van der Waals surface area (Å²) in [5, 5.41) is 17.3. The molecule has 0 heterocycles. The fourth-order valence-corrected chi connectivity index (χ4v) is 1.79. The van der Waals surface area contributed by atoms with E-state index in [1.165, 1.54) is 0 Å². The average molecular weight is 437 g/mol. The van der Waals surface area contributed by atoms with E-state index in [0.29, 0.717) is 22.2 Å². The van der Waals surface area contributed by atoms with Gasteiger partial charge in [-0.3, -0.25) is 0 Å². The van der Waals surface area contributed by atoms with Gasteiger partial charge in [-0.05, 0) is 52.4 Å². The minimum atomic E-state index is -2.33. The van der Waals surface area contributed by atoms with Crippen LogP contribution in [0.25, 0.3) is 0 Å². The topological polar surface area (TPSA) is 98.4 Å². The molecule has 2 rings (SSSR count). The predicted octanol–water partition coefficient (Wildman–Crippen LogP) is -3.96. The van der Waals surface area contributed by atoms with Crippen LogP contribution in [0.2, 0.25) is 5.02 Å². The number of anilines is 1. The molecule has 0 aliphatic carbocycles. The molecular formula is C13H9BrClK2NO4.